The number of nitrogens with one attached hydrogen (secondary N) is 1. The van der Waals surface area contributed by atoms with E-state index in [1.165, 1.54) is 31.2 Å². The monoisotopic (exact) mass is 281 g/mol. The minimum atomic E-state index is 0.109. The van der Waals surface area contributed by atoms with Gasteiger partial charge in [-0.1, -0.05) is 19.8 Å². The predicted octanol–water partition coefficient (Wildman–Crippen LogP) is 3.04. The molecule has 1 N–H and O–H groups in total. The molecular formula is C14H23N3OS. The summed E-state index contributed by atoms with van der Waals surface area (Å²) < 4.78 is 3.77. The lowest BCUT2D eigenvalue weighted by atomic mass is 9.80. The van der Waals surface area contributed by atoms with E-state index in [0.29, 0.717) is 17.0 Å². The lowest BCUT2D eigenvalue weighted by Gasteiger charge is -2.27. The fourth-order valence-corrected chi connectivity index (χ4v) is 2.97. The first-order valence-corrected chi connectivity index (χ1v) is 7.96. The molecule has 0 aromatic heterocycles. The first-order chi connectivity index (χ1) is 9.20. The Morgan fingerprint density at radius 3 is 2.68 bits per heavy atom. The summed E-state index contributed by atoms with van der Waals surface area (Å²) >= 11 is 1.17. The smallest absolute Gasteiger partial charge is 0.229 e. The third-order valence-electron chi connectivity index (χ3n) is 4.02. The molecule has 0 aromatic rings. The topological polar surface area (TPSA) is 53.8 Å². The Bertz CT molecular complexity index is 366. The molecule has 4 nitrogen and oxygen atoms in total. The van der Waals surface area contributed by atoms with Crippen LogP contribution in [0.4, 0.5) is 0 Å². The van der Waals surface area contributed by atoms with E-state index in [0.717, 1.165) is 25.8 Å². The Morgan fingerprint density at radius 1 is 1.32 bits per heavy atom. The molecule has 0 bridgehead atoms. The second kappa shape index (κ2) is 7.08. The van der Waals surface area contributed by atoms with Crippen molar-refractivity contribution in [3.63, 3.8) is 0 Å². The molecule has 2 fully saturated rings. The molecule has 2 atom stereocenters. The highest BCUT2D eigenvalue weighted by Crippen LogP contribution is 2.30. The molecule has 1 amide bonds. The number of amidine groups is 1. The van der Waals surface area contributed by atoms with Crippen molar-refractivity contribution in [1.29, 1.82) is 0 Å². The minimum absolute atomic E-state index is 0.109. The molecule has 19 heavy (non-hydrogen) atoms. The van der Waals surface area contributed by atoms with Crippen molar-refractivity contribution >= 4 is 29.7 Å². The van der Waals surface area contributed by atoms with Gasteiger partial charge in [-0.3, -0.25) is 9.79 Å². The van der Waals surface area contributed by atoms with Gasteiger partial charge in [-0.15, -0.1) is 0 Å². The number of rotatable bonds is 4. The standard InChI is InChI=1S/C14H23N3OS/c1-10-5-3-4-6-12(10)13(18)17-14(19-15-2)16-9-11-7-8-11/h10-12H,2-9H2,1H3,(H,16,17,18). The molecule has 2 aliphatic rings. The number of nitrogens with zero attached hydrogens (tertiary/aromatic N) is 2. The number of amides is 1. The van der Waals surface area contributed by atoms with Gasteiger partial charge in [-0.05, 0) is 44.2 Å². The minimum Gasteiger partial charge on any atom is -0.304 e. The molecule has 0 spiro atoms. The second-order valence-electron chi connectivity index (χ2n) is 5.67. The van der Waals surface area contributed by atoms with Gasteiger partial charge in [0.1, 0.15) is 0 Å². The van der Waals surface area contributed by atoms with Gasteiger partial charge in [0.2, 0.25) is 5.91 Å². The fourth-order valence-electron chi connectivity index (χ4n) is 2.57. The van der Waals surface area contributed by atoms with Crippen LogP contribution in [0, 0.1) is 17.8 Å². The summed E-state index contributed by atoms with van der Waals surface area (Å²) in [5, 5.41) is 3.56. The molecule has 0 heterocycles. The van der Waals surface area contributed by atoms with Crippen LogP contribution in [0.1, 0.15) is 45.4 Å². The summed E-state index contributed by atoms with van der Waals surface area (Å²) in [6, 6.07) is 0. The van der Waals surface area contributed by atoms with Crippen molar-refractivity contribution in [2.24, 2.45) is 27.1 Å². The van der Waals surface area contributed by atoms with Gasteiger partial charge in [0, 0.05) is 24.4 Å². The van der Waals surface area contributed by atoms with Gasteiger partial charge < -0.3 is 5.32 Å². The van der Waals surface area contributed by atoms with Gasteiger partial charge in [0.25, 0.3) is 0 Å². The maximum atomic E-state index is 12.3. The quantitative estimate of drug-likeness (QED) is 0.489. The fraction of sp³-hybridized carbons (Fsp3) is 0.786. The SMILES string of the molecule is C=NS/C(=N\CC1CC1)NC(=O)C1CCCCC1C. The number of carbonyl (C=O) groups excluding carboxylic acids is 1. The number of aliphatic imine (C=N–C) groups is 1. The van der Waals surface area contributed by atoms with Crippen LogP contribution < -0.4 is 5.32 Å². The molecule has 106 valence electrons. The molecule has 0 aliphatic heterocycles. The highest BCUT2D eigenvalue weighted by Gasteiger charge is 2.28. The van der Waals surface area contributed by atoms with Crippen LogP contribution in [0.15, 0.2) is 9.39 Å². The van der Waals surface area contributed by atoms with E-state index in [2.05, 4.69) is 28.3 Å². The van der Waals surface area contributed by atoms with Crippen LogP contribution in [0.2, 0.25) is 0 Å². The Hall–Kier alpha value is -0.840. The summed E-state index contributed by atoms with van der Waals surface area (Å²) in [4.78, 5) is 16.7. The van der Waals surface area contributed by atoms with Crippen LogP contribution >= 0.6 is 11.9 Å². The first-order valence-electron chi connectivity index (χ1n) is 7.19. The van der Waals surface area contributed by atoms with Crippen LogP contribution in [-0.4, -0.2) is 24.3 Å². The van der Waals surface area contributed by atoms with Crippen LogP contribution in [-0.2, 0) is 4.79 Å². The van der Waals surface area contributed by atoms with Crippen LogP contribution in [0.25, 0.3) is 0 Å². The van der Waals surface area contributed by atoms with E-state index in [9.17, 15) is 4.79 Å². The molecular weight excluding hydrogens is 258 g/mol. The Labute approximate surface area is 119 Å². The summed E-state index contributed by atoms with van der Waals surface area (Å²) in [6.45, 7) is 6.43. The Kier molecular flexibility index (Phi) is 5.43. The van der Waals surface area contributed by atoms with Gasteiger partial charge >= 0.3 is 0 Å². The molecule has 0 aromatic carbocycles. The largest absolute Gasteiger partial charge is 0.304 e. The van der Waals surface area contributed by atoms with Crippen molar-refractivity contribution in [2.45, 2.75) is 45.4 Å². The maximum Gasteiger partial charge on any atom is 0.229 e. The Morgan fingerprint density at radius 2 is 2.05 bits per heavy atom. The van der Waals surface area contributed by atoms with Crippen molar-refractivity contribution in [2.75, 3.05) is 6.54 Å². The van der Waals surface area contributed by atoms with Crippen molar-refractivity contribution in [1.82, 2.24) is 5.32 Å². The van der Waals surface area contributed by atoms with E-state index in [-0.39, 0.29) is 11.8 Å². The van der Waals surface area contributed by atoms with Crippen LogP contribution in [0.3, 0.4) is 0 Å². The first kappa shape index (κ1) is 14.6. The number of hydrogen-bond donors (Lipinski definition) is 1. The molecule has 2 saturated carbocycles. The van der Waals surface area contributed by atoms with E-state index >= 15 is 0 Å². The molecule has 2 unspecified atom stereocenters. The van der Waals surface area contributed by atoms with Crippen molar-refractivity contribution in [3.8, 4) is 0 Å². The Balaban J connectivity index is 1.89. The zero-order valence-electron chi connectivity index (χ0n) is 11.6. The van der Waals surface area contributed by atoms with Gasteiger partial charge in [-0.25, -0.2) is 4.40 Å². The van der Waals surface area contributed by atoms with E-state index < -0.39 is 0 Å². The van der Waals surface area contributed by atoms with Gasteiger partial charge in [0.15, 0.2) is 5.17 Å². The van der Waals surface area contributed by atoms with E-state index in [1.54, 1.807) is 0 Å². The van der Waals surface area contributed by atoms with E-state index in [1.807, 2.05) is 0 Å². The lowest BCUT2D eigenvalue weighted by molar-refractivity contribution is -0.125. The summed E-state index contributed by atoms with van der Waals surface area (Å²) in [6.07, 6.45) is 7.07. The van der Waals surface area contributed by atoms with Crippen molar-refractivity contribution < 1.29 is 4.79 Å². The lowest BCUT2D eigenvalue weighted by Crippen LogP contribution is -2.38. The summed E-state index contributed by atoms with van der Waals surface area (Å²) in [5.41, 5.74) is 0. The summed E-state index contributed by atoms with van der Waals surface area (Å²) in [5.74, 6) is 1.43. The molecule has 2 aliphatic carbocycles. The molecule has 0 radical (unpaired) electrons. The zero-order valence-corrected chi connectivity index (χ0v) is 12.4. The highest BCUT2D eigenvalue weighted by molar-refractivity contribution is 8.12. The third-order valence-corrected chi connectivity index (χ3v) is 4.55. The molecule has 2 rings (SSSR count). The number of hydrogen-bond acceptors (Lipinski definition) is 4. The normalized spacial score (nSPS) is 27.9. The highest BCUT2D eigenvalue weighted by atomic mass is 32.2. The van der Waals surface area contributed by atoms with Gasteiger partial charge in [0.05, 0.1) is 0 Å². The number of carbonyl (C=O) groups is 1. The van der Waals surface area contributed by atoms with Crippen LogP contribution in [0.5, 0.6) is 0 Å². The maximum absolute atomic E-state index is 12.3. The molecule has 5 heteroatoms. The average molecular weight is 281 g/mol. The average Bonchev–Trinajstić information content (AvgIpc) is 3.20. The predicted molar refractivity (Wildman–Crippen MR) is 81.4 cm³/mol. The molecule has 0 saturated heterocycles. The van der Waals surface area contributed by atoms with Gasteiger partial charge in [-0.2, -0.15) is 0 Å². The summed E-state index contributed by atoms with van der Waals surface area (Å²) in [7, 11) is 0. The van der Waals surface area contributed by atoms with E-state index in [4.69, 9.17) is 0 Å². The second-order valence-corrected chi connectivity index (χ2v) is 6.49. The third kappa shape index (κ3) is 4.64. The zero-order chi connectivity index (χ0) is 13.7. The van der Waals surface area contributed by atoms with Crippen molar-refractivity contribution in [3.05, 3.63) is 0 Å².